The molecule has 2 N–H and O–H groups in total. The van der Waals surface area contributed by atoms with Crippen molar-refractivity contribution in [3.8, 4) is 0 Å². The molecule has 6 heteroatoms. The van der Waals surface area contributed by atoms with E-state index in [1.807, 2.05) is 53.7 Å². The standard InChI is InChI=1S/C20H26N2O3S/c1-13-11-14(2)18(15(3)12-13)22-26(24,25)17-9-7-16(8-10-17)19(23)21-20(4,5)6/h7-12,22H,1-6H3,(H,21,23). The molecule has 0 bridgehead atoms. The van der Waals surface area contributed by atoms with Gasteiger partial charge in [-0.3, -0.25) is 9.52 Å². The van der Waals surface area contributed by atoms with E-state index in [-0.39, 0.29) is 16.3 Å². The Bertz CT molecular complexity index is 902. The lowest BCUT2D eigenvalue weighted by Gasteiger charge is -2.20. The van der Waals surface area contributed by atoms with Gasteiger partial charge in [0, 0.05) is 11.1 Å². The Morgan fingerprint density at radius 3 is 1.88 bits per heavy atom. The zero-order chi connectivity index (χ0) is 19.7. The Morgan fingerprint density at radius 1 is 0.923 bits per heavy atom. The Morgan fingerprint density at radius 2 is 1.42 bits per heavy atom. The van der Waals surface area contributed by atoms with Crippen molar-refractivity contribution < 1.29 is 13.2 Å². The largest absolute Gasteiger partial charge is 0.347 e. The Labute approximate surface area is 155 Å². The lowest BCUT2D eigenvalue weighted by molar-refractivity contribution is 0.0919. The van der Waals surface area contributed by atoms with E-state index in [9.17, 15) is 13.2 Å². The number of hydrogen-bond donors (Lipinski definition) is 2. The van der Waals surface area contributed by atoms with Crippen LogP contribution in [0, 0.1) is 20.8 Å². The van der Waals surface area contributed by atoms with Gasteiger partial charge >= 0.3 is 0 Å². The van der Waals surface area contributed by atoms with E-state index in [1.54, 1.807) is 0 Å². The molecule has 0 atom stereocenters. The van der Waals surface area contributed by atoms with Gasteiger partial charge in [0.2, 0.25) is 0 Å². The summed E-state index contributed by atoms with van der Waals surface area (Å²) in [5.41, 5.74) is 3.47. The van der Waals surface area contributed by atoms with Gasteiger partial charge in [-0.2, -0.15) is 0 Å². The van der Waals surface area contributed by atoms with Crippen LogP contribution >= 0.6 is 0 Å². The summed E-state index contributed by atoms with van der Waals surface area (Å²) in [6.45, 7) is 11.4. The van der Waals surface area contributed by atoms with Gasteiger partial charge in [0.15, 0.2) is 0 Å². The maximum absolute atomic E-state index is 12.7. The van der Waals surface area contributed by atoms with Gasteiger partial charge in [-0.15, -0.1) is 0 Å². The first-order valence-electron chi connectivity index (χ1n) is 8.42. The van der Waals surface area contributed by atoms with Crippen molar-refractivity contribution in [2.24, 2.45) is 0 Å². The summed E-state index contributed by atoms with van der Waals surface area (Å²) in [6.07, 6.45) is 0. The van der Waals surface area contributed by atoms with Crippen LogP contribution in [0.25, 0.3) is 0 Å². The van der Waals surface area contributed by atoms with Gasteiger partial charge in [0.05, 0.1) is 10.6 Å². The smallest absolute Gasteiger partial charge is 0.261 e. The van der Waals surface area contributed by atoms with Crippen molar-refractivity contribution in [2.45, 2.75) is 52.0 Å². The lowest BCUT2D eigenvalue weighted by Crippen LogP contribution is -2.40. The second-order valence-corrected chi connectivity index (χ2v) is 9.29. The molecular weight excluding hydrogens is 348 g/mol. The van der Waals surface area contributed by atoms with E-state index >= 15 is 0 Å². The maximum Gasteiger partial charge on any atom is 0.261 e. The average molecular weight is 375 g/mol. The van der Waals surface area contributed by atoms with Crippen molar-refractivity contribution >= 4 is 21.6 Å². The van der Waals surface area contributed by atoms with Crippen molar-refractivity contribution in [1.29, 1.82) is 0 Å². The highest BCUT2D eigenvalue weighted by atomic mass is 32.2. The average Bonchev–Trinajstić information content (AvgIpc) is 2.49. The number of sulfonamides is 1. The third kappa shape index (κ3) is 4.85. The number of rotatable bonds is 4. The molecule has 0 unspecified atom stereocenters. The molecule has 0 aliphatic heterocycles. The highest BCUT2D eigenvalue weighted by Gasteiger charge is 2.19. The van der Waals surface area contributed by atoms with Gasteiger partial charge in [0.1, 0.15) is 0 Å². The van der Waals surface area contributed by atoms with Crippen LogP contribution in [0.1, 0.15) is 47.8 Å². The molecule has 0 aliphatic rings. The van der Waals surface area contributed by atoms with Crippen LogP contribution in [-0.4, -0.2) is 19.9 Å². The van der Waals surface area contributed by atoms with Crippen LogP contribution in [0.4, 0.5) is 5.69 Å². The molecule has 5 nitrogen and oxygen atoms in total. The molecule has 0 saturated carbocycles. The molecule has 1 amide bonds. The van der Waals surface area contributed by atoms with E-state index in [0.717, 1.165) is 16.7 Å². The van der Waals surface area contributed by atoms with Gasteiger partial charge in [-0.25, -0.2) is 8.42 Å². The number of benzene rings is 2. The van der Waals surface area contributed by atoms with Crippen LogP contribution < -0.4 is 10.0 Å². The molecule has 2 rings (SSSR count). The fourth-order valence-electron chi connectivity index (χ4n) is 2.73. The Kier molecular flexibility index (Phi) is 5.47. The minimum absolute atomic E-state index is 0.115. The third-order valence-electron chi connectivity index (χ3n) is 3.83. The minimum atomic E-state index is -3.73. The first kappa shape index (κ1) is 20.0. The molecule has 2 aromatic carbocycles. The number of carbonyl (C=O) groups excluding carboxylic acids is 1. The van der Waals surface area contributed by atoms with E-state index in [0.29, 0.717) is 11.3 Å². The third-order valence-corrected chi connectivity index (χ3v) is 5.19. The molecule has 0 fully saturated rings. The quantitative estimate of drug-likeness (QED) is 0.851. The zero-order valence-electron chi connectivity index (χ0n) is 16.1. The van der Waals surface area contributed by atoms with E-state index in [1.165, 1.54) is 24.3 Å². The molecule has 0 radical (unpaired) electrons. The summed E-state index contributed by atoms with van der Waals surface area (Å²) in [5.74, 6) is -0.236. The highest BCUT2D eigenvalue weighted by molar-refractivity contribution is 7.92. The molecule has 0 aromatic heterocycles. The first-order chi connectivity index (χ1) is 11.9. The summed E-state index contributed by atoms with van der Waals surface area (Å²) in [5, 5.41) is 2.85. The molecule has 2 aromatic rings. The fourth-order valence-corrected chi connectivity index (χ4v) is 3.94. The molecule has 140 valence electrons. The number of amides is 1. The van der Waals surface area contributed by atoms with Crippen LogP contribution in [0.5, 0.6) is 0 Å². The van der Waals surface area contributed by atoms with Crippen molar-refractivity contribution in [3.63, 3.8) is 0 Å². The van der Waals surface area contributed by atoms with Crippen LogP contribution in [0.2, 0.25) is 0 Å². The fraction of sp³-hybridized carbons (Fsp3) is 0.350. The van der Waals surface area contributed by atoms with Gasteiger partial charge in [0.25, 0.3) is 15.9 Å². The van der Waals surface area contributed by atoms with Crippen molar-refractivity contribution in [3.05, 3.63) is 58.7 Å². The van der Waals surface area contributed by atoms with E-state index in [4.69, 9.17) is 0 Å². The number of aryl methyl sites for hydroxylation is 3. The Balaban J connectivity index is 2.27. The SMILES string of the molecule is Cc1cc(C)c(NS(=O)(=O)c2ccc(C(=O)NC(C)(C)C)cc2)c(C)c1. The van der Waals surface area contributed by atoms with E-state index < -0.39 is 10.0 Å². The highest BCUT2D eigenvalue weighted by Crippen LogP contribution is 2.25. The van der Waals surface area contributed by atoms with Crippen molar-refractivity contribution in [1.82, 2.24) is 5.32 Å². The normalized spacial score (nSPS) is 11.9. The van der Waals surface area contributed by atoms with E-state index in [2.05, 4.69) is 10.0 Å². The second kappa shape index (κ2) is 7.11. The lowest BCUT2D eigenvalue weighted by atomic mass is 10.1. The second-order valence-electron chi connectivity index (χ2n) is 7.61. The van der Waals surface area contributed by atoms with Crippen molar-refractivity contribution in [2.75, 3.05) is 4.72 Å². The van der Waals surface area contributed by atoms with Gasteiger partial charge in [-0.1, -0.05) is 17.7 Å². The summed E-state index contributed by atoms with van der Waals surface area (Å²) >= 11 is 0. The monoisotopic (exact) mass is 374 g/mol. The number of hydrogen-bond acceptors (Lipinski definition) is 3. The summed E-state index contributed by atoms with van der Waals surface area (Å²) < 4.78 is 28.0. The molecule has 0 aliphatic carbocycles. The number of carbonyl (C=O) groups is 1. The predicted octanol–water partition coefficient (Wildman–Crippen LogP) is 3.94. The van der Waals surface area contributed by atoms with Gasteiger partial charge < -0.3 is 5.32 Å². The molecule has 0 heterocycles. The topological polar surface area (TPSA) is 75.3 Å². The molecular formula is C20H26N2O3S. The van der Waals surface area contributed by atoms with Crippen LogP contribution in [0.3, 0.4) is 0 Å². The molecule has 26 heavy (non-hydrogen) atoms. The summed E-state index contributed by atoms with van der Waals surface area (Å²) in [4.78, 5) is 12.3. The minimum Gasteiger partial charge on any atom is -0.347 e. The van der Waals surface area contributed by atoms with Crippen LogP contribution in [-0.2, 0) is 10.0 Å². The number of nitrogens with one attached hydrogen (secondary N) is 2. The number of anilines is 1. The predicted molar refractivity (Wildman–Crippen MR) is 105 cm³/mol. The van der Waals surface area contributed by atoms with Gasteiger partial charge in [-0.05, 0) is 76.9 Å². The zero-order valence-corrected chi connectivity index (χ0v) is 16.9. The summed E-state index contributed by atoms with van der Waals surface area (Å²) in [6, 6.07) is 9.79. The molecule has 0 spiro atoms. The summed E-state index contributed by atoms with van der Waals surface area (Å²) in [7, 11) is -3.73. The first-order valence-corrected chi connectivity index (χ1v) is 9.90. The maximum atomic E-state index is 12.7. The van der Waals surface area contributed by atoms with Crippen LogP contribution in [0.15, 0.2) is 41.3 Å². The Hall–Kier alpha value is -2.34. The molecule has 0 saturated heterocycles.